The zero-order valence-electron chi connectivity index (χ0n) is 17.9. The Morgan fingerprint density at radius 2 is 2.16 bits per heavy atom. The van der Waals surface area contributed by atoms with Crippen LogP contribution in [0.25, 0.3) is 6.08 Å². The van der Waals surface area contributed by atoms with Crippen LogP contribution in [-0.2, 0) is 18.3 Å². The molecule has 1 N–H and O–H groups in total. The minimum atomic E-state index is 0.0431. The number of nitrogens with one attached hydrogen (secondary N) is 1. The Morgan fingerprint density at radius 1 is 1.26 bits per heavy atom. The summed E-state index contributed by atoms with van der Waals surface area (Å²) < 4.78 is 1.75. The maximum Gasteiger partial charge on any atom is 0.246 e. The van der Waals surface area contributed by atoms with Crippen LogP contribution in [0.4, 0.5) is 11.6 Å². The highest BCUT2D eigenvalue weighted by Gasteiger charge is 2.23. The molecule has 1 aliphatic heterocycles. The number of piperidine rings is 1. The lowest BCUT2D eigenvalue weighted by atomic mass is 9.93. The number of likely N-dealkylation sites (tertiary alicyclic amines) is 1. The molecule has 0 aromatic carbocycles. The van der Waals surface area contributed by atoms with E-state index in [1.54, 1.807) is 29.5 Å². The monoisotopic (exact) mass is 417 g/mol. The minimum Gasteiger partial charge on any atom is -0.339 e. The van der Waals surface area contributed by atoms with Crippen LogP contribution in [0, 0.1) is 12.8 Å². The molecule has 1 saturated heterocycles. The van der Waals surface area contributed by atoms with Crippen molar-refractivity contribution in [2.45, 2.75) is 26.2 Å². The van der Waals surface area contributed by atoms with Gasteiger partial charge in [0.1, 0.15) is 18.0 Å². The van der Waals surface area contributed by atoms with Gasteiger partial charge in [0.05, 0.1) is 5.69 Å². The third-order valence-electron chi connectivity index (χ3n) is 5.56. The summed E-state index contributed by atoms with van der Waals surface area (Å²) in [5, 5.41) is 7.39. The SMILES string of the molecule is Cc1cccnc1Nc1cc(C[C@@H]2CCCN(C(=O)/C=C/c3ccnn3C)C2)ncn1. The van der Waals surface area contributed by atoms with Crippen molar-refractivity contribution in [3.05, 3.63) is 66.0 Å². The molecule has 0 aliphatic carbocycles. The molecule has 0 bridgehead atoms. The smallest absolute Gasteiger partial charge is 0.246 e. The van der Waals surface area contributed by atoms with Gasteiger partial charge in [0, 0.05) is 50.4 Å². The van der Waals surface area contributed by atoms with Crippen LogP contribution in [0.2, 0.25) is 0 Å². The summed E-state index contributed by atoms with van der Waals surface area (Å²) in [5.41, 5.74) is 2.94. The van der Waals surface area contributed by atoms with E-state index in [9.17, 15) is 4.79 Å². The molecule has 0 radical (unpaired) electrons. The summed E-state index contributed by atoms with van der Waals surface area (Å²) in [7, 11) is 1.86. The molecule has 4 heterocycles. The molecule has 3 aromatic rings. The Morgan fingerprint density at radius 3 is 2.97 bits per heavy atom. The van der Waals surface area contributed by atoms with Gasteiger partial charge in [-0.1, -0.05) is 6.07 Å². The van der Waals surface area contributed by atoms with E-state index in [0.717, 1.165) is 60.9 Å². The highest BCUT2D eigenvalue weighted by Crippen LogP contribution is 2.22. The normalized spacial score (nSPS) is 16.6. The van der Waals surface area contributed by atoms with Crippen molar-refractivity contribution in [2.24, 2.45) is 13.0 Å². The zero-order valence-corrected chi connectivity index (χ0v) is 17.9. The molecule has 0 saturated carbocycles. The summed E-state index contributed by atoms with van der Waals surface area (Å²) in [5.74, 6) is 1.94. The summed E-state index contributed by atoms with van der Waals surface area (Å²) in [6, 6.07) is 7.77. The highest BCUT2D eigenvalue weighted by molar-refractivity contribution is 5.91. The number of rotatable bonds is 6. The van der Waals surface area contributed by atoms with Crippen LogP contribution in [0.3, 0.4) is 0 Å². The first-order valence-corrected chi connectivity index (χ1v) is 10.5. The predicted molar refractivity (Wildman–Crippen MR) is 120 cm³/mol. The number of aromatic nitrogens is 5. The average molecular weight is 418 g/mol. The molecule has 3 aromatic heterocycles. The Bertz CT molecular complexity index is 1080. The van der Waals surface area contributed by atoms with Crippen LogP contribution < -0.4 is 5.32 Å². The molecule has 160 valence electrons. The maximum atomic E-state index is 12.7. The Balaban J connectivity index is 1.37. The van der Waals surface area contributed by atoms with Gasteiger partial charge >= 0.3 is 0 Å². The van der Waals surface area contributed by atoms with Crippen molar-refractivity contribution in [3.63, 3.8) is 0 Å². The molecule has 8 nitrogen and oxygen atoms in total. The van der Waals surface area contributed by atoms with Gasteiger partial charge in [0.2, 0.25) is 5.91 Å². The molecule has 8 heteroatoms. The van der Waals surface area contributed by atoms with E-state index >= 15 is 0 Å². The quantitative estimate of drug-likeness (QED) is 0.620. The van der Waals surface area contributed by atoms with Crippen LogP contribution >= 0.6 is 0 Å². The van der Waals surface area contributed by atoms with E-state index in [2.05, 4.69) is 25.4 Å². The van der Waals surface area contributed by atoms with E-state index in [0.29, 0.717) is 5.92 Å². The minimum absolute atomic E-state index is 0.0431. The number of nitrogens with zero attached hydrogens (tertiary/aromatic N) is 6. The van der Waals surface area contributed by atoms with Crippen molar-refractivity contribution >= 4 is 23.6 Å². The van der Waals surface area contributed by atoms with Crippen molar-refractivity contribution in [2.75, 3.05) is 18.4 Å². The van der Waals surface area contributed by atoms with E-state index in [4.69, 9.17) is 0 Å². The van der Waals surface area contributed by atoms with Gasteiger partial charge in [-0.05, 0) is 55.9 Å². The Labute approximate surface area is 182 Å². The first kappa shape index (κ1) is 20.7. The Kier molecular flexibility index (Phi) is 6.35. The van der Waals surface area contributed by atoms with E-state index in [-0.39, 0.29) is 5.91 Å². The predicted octanol–water partition coefficient (Wildman–Crippen LogP) is 3.15. The first-order chi connectivity index (χ1) is 15.1. The maximum absolute atomic E-state index is 12.7. The summed E-state index contributed by atoms with van der Waals surface area (Å²) in [6.45, 7) is 3.54. The fourth-order valence-electron chi connectivity index (χ4n) is 3.85. The highest BCUT2D eigenvalue weighted by atomic mass is 16.2. The standard InChI is InChI=1S/C23H27N7O/c1-17-5-3-10-24-23(17)28-21-14-19(25-16-26-21)13-18-6-4-12-30(15-18)22(31)8-7-20-9-11-27-29(20)2/h3,5,7-11,14,16,18H,4,6,12-13,15H2,1-2H3,(H,24,25,26,28)/b8-7+/t18-/m0/s1. The number of aryl methyl sites for hydroxylation is 2. The van der Waals surface area contributed by atoms with Crippen LogP contribution in [0.15, 0.2) is 49.1 Å². The van der Waals surface area contributed by atoms with Crippen molar-refractivity contribution in [3.8, 4) is 0 Å². The first-order valence-electron chi connectivity index (χ1n) is 10.5. The van der Waals surface area contributed by atoms with Crippen LogP contribution in [0.5, 0.6) is 0 Å². The summed E-state index contributed by atoms with van der Waals surface area (Å²) in [4.78, 5) is 27.7. The molecular weight excluding hydrogens is 390 g/mol. The lowest BCUT2D eigenvalue weighted by Gasteiger charge is -2.32. The number of carbonyl (C=O) groups excluding carboxylic acids is 1. The molecule has 31 heavy (non-hydrogen) atoms. The van der Waals surface area contributed by atoms with E-state index in [1.807, 2.05) is 49.2 Å². The van der Waals surface area contributed by atoms with Crippen LogP contribution in [-0.4, -0.2) is 48.6 Å². The van der Waals surface area contributed by atoms with E-state index in [1.165, 1.54) is 0 Å². The molecule has 1 atom stereocenters. The van der Waals surface area contributed by atoms with Crippen molar-refractivity contribution in [1.82, 2.24) is 29.6 Å². The lowest BCUT2D eigenvalue weighted by Crippen LogP contribution is -2.39. The van der Waals surface area contributed by atoms with Gasteiger partial charge in [-0.3, -0.25) is 9.48 Å². The number of amides is 1. The second-order valence-corrected chi connectivity index (χ2v) is 7.90. The Hall–Kier alpha value is -3.55. The number of anilines is 2. The summed E-state index contributed by atoms with van der Waals surface area (Å²) in [6.07, 6.45) is 11.4. The fraction of sp³-hybridized carbons (Fsp3) is 0.348. The summed E-state index contributed by atoms with van der Waals surface area (Å²) >= 11 is 0. The number of hydrogen-bond donors (Lipinski definition) is 1. The van der Waals surface area contributed by atoms with Gasteiger partial charge in [0.15, 0.2) is 0 Å². The van der Waals surface area contributed by atoms with Gasteiger partial charge in [-0.25, -0.2) is 15.0 Å². The average Bonchev–Trinajstić information content (AvgIpc) is 3.19. The zero-order chi connectivity index (χ0) is 21.6. The topological polar surface area (TPSA) is 88.8 Å². The molecule has 1 fully saturated rings. The van der Waals surface area contributed by atoms with Crippen molar-refractivity contribution in [1.29, 1.82) is 0 Å². The van der Waals surface area contributed by atoms with Gasteiger partial charge in [-0.15, -0.1) is 0 Å². The molecule has 1 amide bonds. The number of hydrogen-bond acceptors (Lipinski definition) is 6. The molecular formula is C23H27N7O. The van der Waals surface area contributed by atoms with Gasteiger partial charge in [-0.2, -0.15) is 5.10 Å². The van der Waals surface area contributed by atoms with E-state index < -0.39 is 0 Å². The molecule has 0 unspecified atom stereocenters. The van der Waals surface area contributed by atoms with Gasteiger partial charge in [0.25, 0.3) is 0 Å². The lowest BCUT2D eigenvalue weighted by molar-refractivity contribution is -0.127. The molecule has 1 aliphatic rings. The largest absolute Gasteiger partial charge is 0.339 e. The number of pyridine rings is 1. The van der Waals surface area contributed by atoms with Crippen molar-refractivity contribution < 1.29 is 4.79 Å². The third kappa shape index (κ3) is 5.33. The second-order valence-electron chi connectivity index (χ2n) is 7.90. The fourth-order valence-corrected chi connectivity index (χ4v) is 3.85. The van der Waals surface area contributed by atoms with Crippen LogP contribution in [0.1, 0.15) is 29.8 Å². The number of carbonyl (C=O) groups is 1. The van der Waals surface area contributed by atoms with Gasteiger partial charge < -0.3 is 10.2 Å². The second kappa shape index (κ2) is 9.51. The third-order valence-corrected chi connectivity index (χ3v) is 5.56. The molecule has 4 rings (SSSR count). The molecule has 0 spiro atoms.